The molecule has 0 bridgehead atoms. The van der Waals surface area contributed by atoms with Crippen molar-refractivity contribution in [3.8, 4) is 5.75 Å². The molecule has 0 N–H and O–H groups in total. The molecule has 0 saturated heterocycles. The van der Waals surface area contributed by atoms with Gasteiger partial charge in [0.15, 0.2) is 0 Å². The Bertz CT molecular complexity index is 573. The highest BCUT2D eigenvalue weighted by Gasteiger charge is 2.18. The number of nitrogens with zero attached hydrogens (tertiary/aromatic N) is 1. The summed E-state index contributed by atoms with van der Waals surface area (Å²) in [4.78, 5) is 25.8. The Balaban J connectivity index is 2.12. The molecule has 1 rings (SSSR count). The number of carbonyl (C=O) groups excluding carboxylic acids is 2. The molecule has 28 heavy (non-hydrogen) atoms. The SMILES string of the molecule is CCCCCCCCCCCCOC(=O)CN(C)C(=O)c1ccccc1OC. The molecule has 0 aliphatic carbocycles. The number of hydrogen-bond acceptors (Lipinski definition) is 4. The van der Waals surface area contributed by atoms with Crippen LogP contribution >= 0.6 is 0 Å². The second-order valence-corrected chi connectivity index (χ2v) is 7.26. The molecule has 5 heteroatoms. The minimum Gasteiger partial charge on any atom is -0.496 e. The fourth-order valence-electron chi connectivity index (χ4n) is 3.11. The van der Waals surface area contributed by atoms with Crippen molar-refractivity contribution in [3.63, 3.8) is 0 Å². The minimum absolute atomic E-state index is 0.0609. The van der Waals surface area contributed by atoms with Gasteiger partial charge in [-0.15, -0.1) is 0 Å². The summed E-state index contributed by atoms with van der Waals surface area (Å²) in [6.07, 6.45) is 12.4. The predicted molar refractivity (Wildman–Crippen MR) is 113 cm³/mol. The first-order chi connectivity index (χ1) is 13.6. The van der Waals surface area contributed by atoms with Gasteiger partial charge in [-0.25, -0.2) is 0 Å². The molecular weight excluding hydrogens is 354 g/mol. The summed E-state index contributed by atoms with van der Waals surface area (Å²) < 4.78 is 10.5. The molecular formula is C23H37NO4. The highest BCUT2D eigenvalue weighted by molar-refractivity contribution is 5.98. The van der Waals surface area contributed by atoms with E-state index in [1.165, 1.54) is 63.4 Å². The maximum Gasteiger partial charge on any atom is 0.325 e. The zero-order valence-electron chi connectivity index (χ0n) is 17.9. The zero-order chi connectivity index (χ0) is 20.6. The van der Waals surface area contributed by atoms with Crippen LogP contribution in [0.5, 0.6) is 5.75 Å². The van der Waals surface area contributed by atoms with Crippen LogP contribution in [0, 0.1) is 0 Å². The van der Waals surface area contributed by atoms with Crippen molar-refractivity contribution in [2.75, 3.05) is 27.3 Å². The van der Waals surface area contributed by atoms with Crippen molar-refractivity contribution in [1.82, 2.24) is 4.90 Å². The third-order valence-electron chi connectivity index (χ3n) is 4.81. The lowest BCUT2D eigenvalue weighted by molar-refractivity contribution is -0.144. The van der Waals surface area contributed by atoms with E-state index in [1.54, 1.807) is 31.3 Å². The van der Waals surface area contributed by atoms with Crippen LogP contribution in [0.1, 0.15) is 81.5 Å². The highest BCUT2D eigenvalue weighted by Crippen LogP contribution is 2.18. The fraction of sp³-hybridized carbons (Fsp3) is 0.652. The maximum absolute atomic E-state index is 12.5. The van der Waals surface area contributed by atoms with E-state index < -0.39 is 0 Å². The first kappa shape index (κ1) is 24.0. The monoisotopic (exact) mass is 391 g/mol. The molecule has 5 nitrogen and oxygen atoms in total. The van der Waals surface area contributed by atoms with Crippen LogP contribution < -0.4 is 4.74 Å². The lowest BCUT2D eigenvalue weighted by Gasteiger charge is -2.17. The molecule has 0 fully saturated rings. The van der Waals surface area contributed by atoms with Crippen LogP contribution in [0.4, 0.5) is 0 Å². The predicted octanol–water partition coefficient (Wildman–Crippen LogP) is 5.23. The van der Waals surface area contributed by atoms with Gasteiger partial charge in [-0.2, -0.15) is 0 Å². The van der Waals surface area contributed by atoms with Crippen LogP contribution in [0.3, 0.4) is 0 Å². The largest absolute Gasteiger partial charge is 0.496 e. The third-order valence-corrected chi connectivity index (χ3v) is 4.81. The van der Waals surface area contributed by atoms with Gasteiger partial charge in [-0.3, -0.25) is 9.59 Å². The summed E-state index contributed by atoms with van der Waals surface area (Å²) in [5.41, 5.74) is 0.440. The molecule has 0 atom stereocenters. The molecule has 0 heterocycles. The van der Waals surface area contributed by atoms with Gasteiger partial charge in [0.25, 0.3) is 5.91 Å². The Kier molecular flexibility index (Phi) is 12.8. The maximum atomic E-state index is 12.5. The molecule has 0 aliphatic rings. The first-order valence-electron chi connectivity index (χ1n) is 10.6. The zero-order valence-corrected chi connectivity index (χ0v) is 17.9. The normalized spacial score (nSPS) is 10.5. The summed E-state index contributed by atoms with van der Waals surface area (Å²) in [5.74, 6) is -0.131. The molecule has 1 aromatic carbocycles. The Hall–Kier alpha value is -2.04. The molecule has 1 amide bonds. The smallest absolute Gasteiger partial charge is 0.325 e. The Morgan fingerprint density at radius 1 is 0.893 bits per heavy atom. The third kappa shape index (κ3) is 9.77. The quantitative estimate of drug-likeness (QED) is 0.303. The topological polar surface area (TPSA) is 55.8 Å². The summed E-state index contributed by atoms with van der Waals surface area (Å²) >= 11 is 0. The lowest BCUT2D eigenvalue weighted by Crippen LogP contribution is -2.33. The van der Waals surface area contributed by atoms with Gasteiger partial charge >= 0.3 is 5.97 Å². The summed E-state index contributed by atoms with van der Waals surface area (Å²) in [5, 5.41) is 0. The molecule has 0 aliphatic heterocycles. The van der Waals surface area contributed by atoms with Gasteiger partial charge in [0, 0.05) is 7.05 Å². The van der Waals surface area contributed by atoms with Gasteiger partial charge < -0.3 is 14.4 Å². The molecule has 1 aromatic rings. The van der Waals surface area contributed by atoms with Crippen LogP contribution in [0.2, 0.25) is 0 Å². The molecule has 0 unspecified atom stereocenters. The van der Waals surface area contributed by atoms with Crippen LogP contribution in [-0.2, 0) is 9.53 Å². The van der Waals surface area contributed by atoms with Crippen LogP contribution in [0.25, 0.3) is 0 Å². The standard InChI is InChI=1S/C23H37NO4/c1-4-5-6-7-8-9-10-11-12-15-18-28-22(25)19-24(2)23(26)20-16-13-14-17-21(20)27-3/h13-14,16-17H,4-12,15,18-19H2,1-3H3. The van der Waals surface area contributed by atoms with E-state index in [0.29, 0.717) is 17.9 Å². The van der Waals surface area contributed by atoms with Crippen molar-refractivity contribution < 1.29 is 19.1 Å². The van der Waals surface area contributed by atoms with E-state index in [0.717, 1.165) is 12.8 Å². The number of rotatable bonds is 15. The van der Waals surface area contributed by atoms with E-state index in [9.17, 15) is 9.59 Å². The van der Waals surface area contributed by atoms with Crippen molar-refractivity contribution in [2.45, 2.75) is 71.1 Å². The van der Waals surface area contributed by atoms with Gasteiger partial charge in [0.2, 0.25) is 0 Å². The van der Waals surface area contributed by atoms with Gasteiger partial charge in [0.05, 0.1) is 19.3 Å². The van der Waals surface area contributed by atoms with E-state index in [2.05, 4.69) is 6.92 Å². The van der Waals surface area contributed by atoms with E-state index >= 15 is 0 Å². The number of carbonyl (C=O) groups is 2. The molecule has 0 aromatic heterocycles. The van der Waals surface area contributed by atoms with E-state index in [4.69, 9.17) is 9.47 Å². The highest BCUT2D eigenvalue weighted by atomic mass is 16.5. The average Bonchev–Trinajstić information content (AvgIpc) is 2.71. The molecule has 0 saturated carbocycles. The number of hydrogen-bond donors (Lipinski definition) is 0. The Morgan fingerprint density at radius 2 is 1.46 bits per heavy atom. The van der Waals surface area contributed by atoms with Gasteiger partial charge in [-0.1, -0.05) is 76.8 Å². The first-order valence-corrected chi connectivity index (χ1v) is 10.6. The fourth-order valence-corrected chi connectivity index (χ4v) is 3.11. The summed E-state index contributed by atoms with van der Waals surface area (Å²) in [6.45, 7) is 2.60. The van der Waals surface area contributed by atoms with Gasteiger partial charge in [-0.05, 0) is 18.6 Å². The number of unbranched alkanes of at least 4 members (excludes halogenated alkanes) is 9. The summed E-state index contributed by atoms with van der Waals surface area (Å²) in [6, 6.07) is 6.99. The number of esters is 1. The number of ether oxygens (including phenoxy) is 2. The number of benzene rings is 1. The lowest BCUT2D eigenvalue weighted by atomic mass is 10.1. The number of para-hydroxylation sites is 1. The van der Waals surface area contributed by atoms with Crippen molar-refractivity contribution >= 4 is 11.9 Å². The summed E-state index contributed by atoms with van der Waals surface area (Å²) in [7, 11) is 3.11. The van der Waals surface area contributed by atoms with Crippen LogP contribution in [0.15, 0.2) is 24.3 Å². The number of methoxy groups -OCH3 is 1. The number of likely N-dealkylation sites (N-methyl/N-ethyl adjacent to an activating group) is 1. The van der Waals surface area contributed by atoms with Crippen LogP contribution in [-0.4, -0.2) is 44.1 Å². The number of amides is 1. The molecule has 0 spiro atoms. The molecule has 158 valence electrons. The second kappa shape index (κ2) is 14.9. The van der Waals surface area contributed by atoms with Gasteiger partial charge in [0.1, 0.15) is 12.3 Å². The minimum atomic E-state index is -0.373. The van der Waals surface area contributed by atoms with Crippen molar-refractivity contribution in [3.05, 3.63) is 29.8 Å². The second-order valence-electron chi connectivity index (χ2n) is 7.26. The van der Waals surface area contributed by atoms with Crippen molar-refractivity contribution in [1.29, 1.82) is 0 Å². The van der Waals surface area contributed by atoms with E-state index in [-0.39, 0.29) is 18.4 Å². The Labute approximate surface area is 170 Å². The molecule has 0 radical (unpaired) electrons. The van der Waals surface area contributed by atoms with Crippen molar-refractivity contribution in [2.24, 2.45) is 0 Å². The van der Waals surface area contributed by atoms with E-state index in [1.807, 2.05) is 0 Å². The average molecular weight is 392 g/mol. The Morgan fingerprint density at radius 3 is 2.07 bits per heavy atom.